The first kappa shape index (κ1) is 25.4. The highest BCUT2D eigenvalue weighted by molar-refractivity contribution is 7.92. The first-order valence-corrected chi connectivity index (χ1v) is 13.8. The number of imidazole rings is 1. The Morgan fingerprint density at radius 3 is 2.46 bits per heavy atom. The first-order chi connectivity index (χ1) is 16.6. The number of fused-ring (bicyclic) bond motifs is 1. The van der Waals surface area contributed by atoms with Crippen LogP contribution in [0.2, 0.25) is 9.36 Å². The Morgan fingerprint density at radius 1 is 1.11 bits per heavy atom. The van der Waals surface area contributed by atoms with Crippen LogP contribution in [0.25, 0.3) is 16.9 Å². The number of sulfonamides is 1. The number of aromatic nitrogens is 3. The fraction of sp³-hybridized carbons (Fsp3) is 0.261. The maximum absolute atomic E-state index is 12.3. The SMILES string of the molecule is CCc1nc2c(C)cc(C)nc2n1-c1ccc(CCNC(=O)NS(=O)(=O)c2cc(Cl)c(Cl)s2)cc1. The lowest BCUT2D eigenvalue weighted by molar-refractivity contribution is 0.246. The number of carbonyl (C=O) groups is 1. The molecule has 3 aromatic heterocycles. The normalized spacial score (nSPS) is 11.7. The summed E-state index contributed by atoms with van der Waals surface area (Å²) < 4.78 is 28.6. The quantitative estimate of drug-likeness (QED) is 0.328. The maximum Gasteiger partial charge on any atom is 0.328 e. The van der Waals surface area contributed by atoms with E-state index in [-0.39, 0.29) is 20.1 Å². The van der Waals surface area contributed by atoms with Crippen LogP contribution >= 0.6 is 34.5 Å². The summed E-state index contributed by atoms with van der Waals surface area (Å²) in [6.45, 7) is 6.32. The lowest BCUT2D eigenvalue weighted by atomic mass is 10.1. The van der Waals surface area contributed by atoms with Crippen LogP contribution in [-0.4, -0.2) is 35.5 Å². The van der Waals surface area contributed by atoms with E-state index in [2.05, 4.69) is 16.8 Å². The minimum absolute atomic E-state index is 0.122. The van der Waals surface area contributed by atoms with E-state index >= 15 is 0 Å². The molecular weight excluding hydrogens is 529 g/mol. The van der Waals surface area contributed by atoms with Crippen LogP contribution in [0.4, 0.5) is 4.79 Å². The predicted molar refractivity (Wildman–Crippen MR) is 139 cm³/mol. The molecule has 0 saturated heterocycles. The highest BCUT2D eigenvalue weighted by Gasteiger charge is 2.21. The molecule has 0 aliphatic carbocycles. The van der Waals surface area contributed by atoms with Crippen molar-refractivity contribution < 1.29 is 13.2 Å². The first-order valence-electron chi connectivity index (χ1n) is 10.8. The van der Waals surface area contributed by atoms with Gasteiger partial charge in [-0.25, -0.2) is 27.9 Å². The zero-order chi connectivity index (χ0) is 25.3. The van der Waals surface area contributed by atoms with Crippen LogP contribution in [0.1, 0.15) is 29.6 Å². The van der Waals surface area contributed by atoms with Gasteiger partial charge in [0, 0.05) is 24.3 Å². The largest absolute Gasteiger partial charge is 0.337 e. The van der Waals surface area contributed by atoms with E-state index in [1.807, 2.05) is 48.9 Å². The molecule has 8 nitrogen and oxygen atoms in total. The monoisotopic (exact) mass is 551 g/mol. The maximum atomic E-state index is 12.3. The molecule has 4 rings (SSSR count). The highest BCUT2D eigenvalue weighted by atomic mass is 35.5. The summed E-state index contributed by atoms with van der Waals surface area (Å²) in [6.07, 6.45) is 1.29. The number of nitrogens with zero attached hydrogens (tertiary/aromatic N) is 3. The van der Waals surface area contributed by atoms with Gasteiger partial charge in [-0.3, -0.25) is 4.57 Å². The van der Waals surface area contributed by atoms with Crippen molar-refractivity contribution in [2.45, 2.75) is 37.8 Å². The van der Waals surface area contributed by atoms with Gasteiger partial charge >= 0.3 is 6.03 Å². The molecular formula is C23H23Cl2N5O3S2. The lowest BCUT2D eigenvalue weighted by Gasteiger charge is -2.10. The molecule has 0 fully saturated rings. The van der Waals surface area contributed by atoms with Gasteiger partial charge in [-0.05, 0) is 55.7 Å². The number of hydrogen-bond acceptors (Lipinski definition) is 6. The minimum atomic E-state index is -4.04. The number of benzene rings is 1. The van der Waals surface area contributed by atoms with E-state index in [4.69, 9.17) is 33.2 Å². The molecule has 4 aromatic rings. The van der Waals surface area contributed by atoms with Gasteiger partial charge in [-0.15, -0.1) is 11.3 Å². The standard InChI is InChI=1S/C23H23Cl2N5O3S2/c1-4-18-28-20-13(2)11-14(3)27-22(20)30(18)16-7-5-15(6-8-16)9-10-26-23(31)29-35(32,33)19-12-17(24)21(25)34-19/h5-8,11-12H,4,9-10H2,1-3H3,(H2,26,29,31). The number of hydrogen-bond donors (Lipinski definition) is 2. The second-order valence-electron chi connectivity index (χ2n) is 7.93. The second kappa shape index (κ2) is 10.1. The molecule has 0 bridgehead atoms. The van der Waals surface area contributed by atoms with Crippen molar-refractivity contribution in [2.75, 3.05) is 6.54 Å². The molecule has 184 valence electrons. The molecule has 0 radical (unpaired) electrons. The number of nitrogens with one attached hydrogen (secondary N) is 2. The van der Waals surface area contributed by atoms with Gasteiger partial charge in [-0.2, -0.15) is 0 Å². The van der Waals surface area contributed by atoms with Crippen LogP contribution in [0.3, 0.4) is 0 Å². The molecule has 0 atom stereocenters. The molecule has 3 heterocycles. The Bertz CT molecular complexity index is 1490. The van der Waals surface area contributed by atoms with E-state index in [1.165, 1.54) is 6.07 Å². The van der Waals surface area contributed by atoms with Gasteiger partial charge in [0.05, 0.1) is 5.02 Å². The summed E-state index contributed by atoms with van der Waals surface area (Å²) in [5.74, 6) is 0.932. The van der Waals surface area contributed by atoms with E-state index in [0.29, 0.717) is 6.42 Å². The number of halogens is 2. The third-order valence-electron chi connectivity index (χ3n) is 5.33. The van der Waals surface area contributed by atoms with Crippen LogP contribution in [-0.2, 0) is 22.9 Å². The Balaban J connectivity index is 1.41. The molecule has 12 heteroatoms. The summed E-state index contributed by atoms with van der Waals surface area (Å²) in [5.41, 5.74) is 5.70. The fourth-order valence-electron chi connectivity index (χ4n) is 3.71. The zero-order valence-corrected chi connectivity index (χ0v) is 22.4. The number of pyridine rings is 1. The van der Waals surface area contributed by atoms with Gasteiger partial charge in [0.15, 0.2) is 5.65 Å². The third kappa shape index (κ3) is 5.45. The number of carbonyl (C=O) groups excluding carboxylic acids is 1. The van der Waals surface area contributed by atoms with Crippen molar-refractivity contribution in [3.63, 3.8) is 0 Å². The Hall–Kier alpha value is -2.66. The molecule has 0 aliphatic rings. The third-order valence-corrected chi connectivity index (χ3v) is 9.00. The van der Waals surface area contributed by atoms with Gasteiger partial charge in [0.2, 0.25) is 0 Å². The van der Waals surface area contributed by atoms with Crippen LogP contribution in [0, 0.1) is 13.8 Å². The molecule has 1 aromatic carbocycles. The van der Waals surface area contributed by atoms with Crippen LogP contribution < -0.4 is 10.0 Å². The second-order valence-corrected chi connectivity index (χ2v) is 11.9. The fourth-order valence-corrected chi connectivity index (χ4v) is 6.52. The van der Waals surface area contributed by atoms with Gasteiger partial charge in [-0.1, -0.05) is 42.3 Å². The number of thiophene rings is 1. The van der Waals surface area contributed by atoms with Gasteiger partial charge in [0.25, 0.3) is 10.0 Å². The average molecular weight is 553 g/mol. The molecule has 0 saturated carbocycles. The summed E-state index contributed by atoms with van der Waals surface area (Å²) in [4.78, 5) is 21.6. The van der Waals surface area contributed by atoms with E-state index in [9.17, 15) is 13.2 Å². The number of aryl methyl sites for hydroxylation is 3. The predicted octanol–water partition coefficient (Wildman–Crippen LogP) is 5.20. The zero-order valence-electron chi connectivity index (χ0n) is 19.2. The Morgan fingerprint density at radius 2 is 1.83 bits per heavy atom. The Labute approximate surface area is 217 Å². The van der Waals surface area contributed by atoms with Crippen LogP contribution in [0.15, 0.2) is 40.6 Å². The van der Waals surface area contributed by atoms with Crippen molar-refractivity contribution in [2.24, 2.45) is 0 Å². The number of rotatable bonds is 7. The van der Waals surface area contributed by atoms with Crippen molar-refractivity contribution in [1.29, 1.82) is 0 Å². The van der Waals surface area contributed by atoms with Crippen LogP contribution in [0.5, 0.6) is 0 Å². The van der Waals surface area contributed by atoms with Gasteiger partial charge < -0.3 is 5.32 Å². The summed E-state index contributed by atoms with van der Waals surface area (Å²) >= 11 is 12.4. The van der Waals surface area contributed by atoms with Crippen molar-refractivity contribution in [1.82, 2.24) is 24.6 Å². The van der Waals surface area contributed by atoms with E-state index in [0.717, 1.165) is 57.3 Å². The van der Waals surface area contributed by atoms with E-state index < -0.39 is 16.1 Å². The smallest absolute Gasteiger partial charge is 0.328 e. The Kier molecular flexibility index (Phi) is 7.37. The molecule has 35 heavy (non-hydrogen) atoms. The minimum Gasteiger partial charge on any atom is -0.337 e. The average Bonchev–Trinajstić information content (AvgIpc) is 3.34. The molecule has 0 unspecified atom stereocenters. The van der Waals surface area contributed by atoms with Crippen molar-refractivity contribution >= 4 is 61.8 Å². The number of urea groups is 1. The highest BCUT2D eigenvalue weighted by Crippen LogP contribution is 2.34. The van der Waals surface area contributed by atoms with Crippen molar-refractivity contribution in [3.05, 3.63) is 68.4 Å². The summed E-state index contributed by atoms with van der Waals surface area (Å²) in [6, 6.07) is 10.3. The van der Waals surface area contributed by atoms with Crippen molar-refractivity contribution in [3.8, 4) is 5.69 Å². The molecule has 0 aliphatic heterocycles. The topological polar surface area (TPSA) is 106 Å². The molecule has 2 N–H and O–H groups in total. The van der Waals surface area contributed by atoms with Gasteiger partial charge in [0.1, 0.15) is 19.9 Å². The molecule has 2 amide bonds. The lowest BCUT2D eigenvalue weighted by Crippen LogP contribution is -2.39. The summed E-state index contributed by atoms with van der Waals surface area (Å²) in [5, 5.41) is 2.68. The number of amides is 2. The van der Waals surface area contributed by atoms with E-state index in [1.54, 1.807) is 0 Å². The molecule has 0 spiro atoms. The summed E-state index contributed by atoms with van der Waals surface area (Å²) in [7, 11) is -4.04.